The number of nitrogens with zero attached hydrogens (tertiary/aromatic N) is 1. The molecule has 1 aromatic rings. The van der Waals surface area contributed by atoms with Gasteiger partial charge in [-0.2, -0.15) is 5.26 Å². The molecule has 0 saturated carbocycles. The highest BCUT2D eigenvalue weighted by atomic mass is 14.2. The predicted molar refractivity (Wildman–Crippen MR) is 54.9 cm³/mol. The number of benzene rings is 1. The van der Waals surface area contributed by atoms with Gasteiger partial charge in [0, 0.05) is 5.92 Å². The molecule has 0 heterocycles. The molecule has 1 nitrogen and oxygen atoms in total. The molecule has 0 aromatic heterocycles. The van der Waals surface area contributed by atoms with Gasteiger partial charge in [-0.3, -0.25) is 0 Å². The Morgan fingerprint density at radius 3 is 2.69 bits per heavy atom. The molecule has 1 unspecified atom stereocenters. The summed E-state index contributed by atoms with van der Waals surface area (Å²) in [6.45, 7) is 1.93. The van der Waals surface area contributed by atoms with E-state index in [1.807, 2.05) is 49.4 Å². The first kappa shape index (κ1) is 9.54. The third-order valence-electron chi connectivity index (χ3n) is 1.82. The van der Waals surface area contributed by atoms with Crippen LogP contribution < -0.4 is 0 Å². The van der Waals surface area contributed by atoms with E-state index in [2.05, 4.69) is 6.07 Å². The Morgan fingerprint density at radius 1 is 1.38 bits per heavy atom. The van der Waals surface area contributed by atoms with Crippen LogP contribution >= 0.6 is 0 Å². The Morgan fingerprint density at radius 2 is 2.08 bits per heavy atom. The average Bonchev–Trinajstić information content (AvgIpc) is 2.19. The van der Waals surface area contributed by atoms with Gasteiger partial charge in [0.2, 0.25) is 0 Å². The highest BCUT2D eigenvalue weighted by Crippen LogP contribution is 2.05. The second-order valence-electron chi connectivity index (χ2n) is 3.08. The fraction of sp³-hybridized carbons (Fsp3) is 0.250. The summed E-state index contributed by atoms with van der Waals surface area (Å²) in [7, 11) is 0. The fourth-order valence-corrected chi connectivity index (χ4v) is 1.03. The summed E-state index contributed by atoms with van der Waals surface area (Å²) in [5.41, 5.74) is 1.19. The topological polar surface area (TPSA) is 23.8 Å². The van der Waals surface area contributed by atoms with E-state index in [0.29, 0.717) is 0 Å². The first-order valence-corrected chi connectivity index (χ1v) is 4.44. The van der Waals surface area contributed by atoms with E-state index >= 15 is 0 Å². The maximum atomic E-state index is 8.55. The lowest BCUT2D eigenvalue weighted by Crippen LogP contribution is -1.84. The number of hydrogen-bond acceptors (Lipinski definition) is 1. The largest absolute Gasteiger partial charge is 0.198 e. The first-order chi connectivity index (χ1) is 6.33. The minimum Gasteiger partial charge on any atom is -0.198 e. The summed E-state index contributed by atoms with van der Waals surface area (Å²) in [6.07, 6.45) is 4.92. The third kappa shape index (κ3) is 3.57. The van der Waals surface area contributed by atoms with E-state index in [-0.39, 0.29) is 5.92 Å². The summed E-state index contributed by atoms with van der Waals surface area (Å²) in [4.78, 5) is 0. The van der Waals surface area contributed by atoms with Crippen LogP contribution in [0.3, 0.4) is 0 Å². The molecule has 1 heteroatoms. The predicted octanol–water partition coefficient (Wildman–Crippen LogP) is 3.25. The molecular formula is C12H13N. The molecule has 0 aliphatic carbocycles. The van der Waals surface area contributed by atoms with Gasteiger partial charge in [0.15, 0.2) is 0 Å². The molecule has 1 atom stereocenters. The molecule has 0 radical (unpaired) electrons. The van der Waals surface area contributed by atoms with Gasteiger partial charge in [0.05, 0.1) is 6.07 Å². The van der Waals surface area contributed by atoms with E-state index in [1.54, 1.807) is 0 Å². The molecule has 0 amide bonds. The molecule has 0 N–H and O–H groups in total. The SMILES string of the molecule is CC(C#N)C/C=C/c1ccccc1. The van der Waals surface area contributed by atoms with Gasteiger partial charge in [-0.05, 0) is 18.9 Å². The van der Waals surface area contributed by atoms with Crippen LogP contribution in [0.25, 0.3) is 6.08 Å². The zero-order valence-corrected chi connectivity index (χ0v) is 7.77. The lowest BCUT2D eigenvalue weighted by Gasteiger charge is -1.94. The fourth-order valence-electron chi connectivity index (χ4n) is 1.03. The van der Waals surface area contributed by atoms with Crippen molar-refractivity contribution in [3.8, 4) is 6.07 Å². The van der Waals surface area contributed by atoms with Crippen molar-refractivity contribution < 1.29 is 0 Å². The summed E-state index contributed by atoms with van der Waals surface area (Å²) >= 11 is 0. The van der Waals surface area contributed by atoms with Crippen molar-refractivity contribution >= 4 is 6.08 Å². The second-order valence-corrected chi connectivity index (χ2v) is 3.08. The summed E-state index contributed by atoms with van der Waals surface area (Å²) in [5, 5.41) is 8.55. The summed E-state index contributed by atoms with van der Waals surface area (Å²) in [6, 6.07) is 12.3. The Balaban J connectivity index is 2.47. The highest BCUT2D eigenvalue weighted by molar-refractivity contribution is 5.48. The van der Waals surface area contributed by atoms with Gasteiger partial charge in [-0.1, -0.05) is 42.5 Å². The smallest absolute Gasteiger partial charge is 0.0656 e. The van der Waals surface area contributed by atoms with Crippen molar-refractivity contribution in [2.24, 2.45) is 5.92 Å². The highest BCUT2D eigenvalue weighted by Gasteiger charge is 1.93. The Labute approximate surface area is 79.3 Å². The minimum atomic E-state index is 0.111. The zero-order chi connectivity index (χ0) is 9.52. The minimum absolute atomic E-state index is 0.111. The molecule has 0 aliphatic rings. The molecule has 66 valence electrons. The monoisotopic (exact) mass is 171 g/mol. The quantitative estimate of drug-likeness (QED) is 0.684. The molecule has 0 bridgehead atoms. The number of nitriles is 1. The molecule has 0 spiro atoms. The van der Waals surface area contributed by atoms with Crippen LogP contribution in [-0.2, 0) is 0 Å². The average molecular weight is 171 g/mol. The van der Waals surface area contributed by atoms with Crippen molar-refractivity contribution in [2.75, 3.05) is 0 Å². The molecule has 1 rings (SSSR count). The van der Waals surface area contributed by atoms with E-state index in [0.717, 1.165) is 6.42 Å². The maximum Gasteiger partial charge on any atom is 0.0656 e. The molecule has 0 saturated heterocycles. The van der Waals surface area contributed by atoms with Gasteiger partial charge in [0.25, 0.3) is 0 Å². The Hall–Kier alpha value is -1.55. The van der Waals surface area contributed by atoms with Crippen molar-refractivity contribution in [2.45, 2.75) is 13.3 Å². The lowest BCUT2D eigenvalue weighted by atomic mass is 10.1. The van der Waals surface area contributed by atoms with Crippen LogP contribution in [0.2, 0.25) is 0 Å². The van der Waals surface area contributed by atoms with Crippen LogP contribution in [0.5, 0.6) is 0 Å². The van der Waals surface area contributed by atoms with Crippen molar-refractivity contribution in [1.29, 1.82) is 5.26 Å². The second kappa shape index (κ2) is 5.16. The Bertz CT molecular complexity index is 306. The summed E-state index contributed by atoms with van der Waals surface area (Å²) in [5.74, 6) is 0.111. The number of allylic oxidation sites excluding steroid dienone is 1. The number of rotatable bonds is 3. The lowest BCUT2D eigenvalue weighted by molar-refractivity contribution is 0.762. The molecule has 1 aromatic carbocycles. The van der Waals surface area contributed by atoms with Gasteiger partial charge in [0.1, 0.15) is 0 Å². The molecule has 0 aliphatic heterocycles. The van der Waals surface area contributed by atoms with Crippen LogP contribution in [-0.4, -0.2) is 0 Å². The number of hydrogen-bond donors (Lipinski definition) is 0. The van der Waals surface area contributed by atoms with Crippen LogP contribution in [0.1, 0.15) is 18.9 Å². The van der Waals surface area contributed by atoms with Gasteiger partial charge in [-0.15, -0.1) is 0 Å². The van der Waals surface area contributed by atoms with Gasteiger partial charge in [-0.25, -0.2) is 0 Å². The normalized spacial score (nSPS) is 12.6. The Kier molecular flexibility index (Phi) is 3.78. The molecular weight excluding hydrogens is 158 g/mol. The zero-order valence-electron chi connectivity index (χ0n) is 7.77. The van der Waals surface area contributed by atoms with E-state index in [1.165, 1.54) is 5.56 Å². The van der Waals surface area contributed by atoms with Crippen LogP contribution in [0.15, 0.2) is 36.4 Å². The maximum absolute atomic E-state index is 8.55. The van der Waals surface area contributed by atoms with E-state index < -0.39 is 0 Å². The standard InChI is InChI=1S/C12H13N/c1-11(10-13)6-5-9-12-7-3-2-4-8-12/h2-5,7-9,11H,6H2,1H3/b9-5+. The molecule has 13 heavy (non-hydrogen) atoms. The first-order valence-electron chi connectivity index (χ1n) is 4.44. The van der Waals surface area contributed by atoms with Crippen molar-refractivity contribution in [3.05, 3.63) is 42.0 Å². The van der Waals surface area contributed by atoms with Crippen molar-refractivity contribution in [1.82, 2.24) is 0 Å². The third-order valence-corrected chi connectivity index (χ3v) is 1.82. The van der Waals surface area contributed by atoms with Crippen LogP contribution in [0.4, 0.5) is 0 Å². The van der Waals surface area contributed by atoms with E-state index in [4.69, 9.17) is 5.26 Å². The van der Waals surface area contributed by atoms with Gasteiger partial charge < -0.3 is 0 Å². The van der Waals surface area contributed by atoms with Crippen molar-refractivity contribution in [3.63, 3.8) is 0 Å². The molecule has 0 fully saturated rings. The summed E-state index contributed by atoms with van der Waals surface area (Å²) < 4.78 is 0. The van der Waals surface area contributed by atoms with Crippen LogP contribution in [0, 0.1) is 17.2 Å². The van der Waals surface area contributed by atoms with E-state index in [9.17, 15) is 0 Å². The van der Waals surface area contributed by atoms with Gasteiger partial charge >= 0.3 is 0 Å².